The number of para-hydroxylation sites is 1. The van der Waals surface area contributed by atoms with E-state index in [1.807, 2.05) is 56.3 Å². The number of ether oxygens (including phenoxy) is 3. The fourth-order valence-electron chi connectivity index (χ4n) is 3.05. The molecule has 0 unspecified atom stereocenters. The molecule has 0 spiro atoms. The van der Waals surface area contributed by atoms with Gasteiger partial charge in [0.25, 0.3) is 0 Å². The topological polar surface area (TPSA) is 55.0 Å². The van der Waals surface area contributed by atoms with Crippen molar-refractivity contribution in [2.45, 2.75) is 13.8 Å². The van der Waals surface area contributed by atoms with E-state index in [-0.39, 0.29) is 0 Å². The highest BCUT2D eigenvalue weighted by Gasteiger charge is 2.20. The molecule has 0 saturated carbocycles. The Hall–Kier alpha value is -2.51. The van der Waals surface area contributed by atoms with Gasteiger partial charge in [-0.25, -0.2) is 0 Å². The molecule has 2 N–H and O–H groups in total. The van der Waals surface area contributed by atoms with Crippen LogP contribution in [0.3, 0.4) is 0 Å². The molecular formula is C21H27N3O3S. The van der Waals surface area contributed by atoms with Crippen molar-refractivity contribution in [2.75, 3.05) is 55.1 Å². The lowest BCUT2D eigenvalue weighted by atomic mass is 10.2. The Morgan fingerprint density at radius 3 is 2.36 bits per heavy atom. The second-order valence-corrected chi connectivity index (χ2v) is 6.63. The van der Waals surface area contributed by atoms with Crippen LogP contribution in [0.4, 0.5) is 17.1 Å². The van der Waals surface area contributed by atoms with Crippen molar-refractivity contribution < 1.29 is 14.2 Å². The van der Waals surface area contributed by atoms with Crippen molar-refractivity contribution in [3.63, 3.8) is 0 Å². The van der Waals surface area contributed by atoms with Crippen molar-refractivity contribution in [3.05, 3.63) is 42.5 Å². The van der Waals surface area contributed by atoms with Crippen molar-refractivity contribution in [1.29, 1.82) is 0 Å². The van der Waals surface area contributed by atoms with Crippen LogP contribution in [0.2, 0.25) is 0 Å². The molecule has 7 heteroatoms. The lowest BCUT2D eigenvalue weighted by Crippen LogP contribution is -2.36. The molecule has 0 bridgehead atoms. The molecule has 150 valence electrons. The predicted molar refractivity (Wildman–Crippen MR) is 118 cm³/mol. The molecule has 28 heavy (non-hydrogen) atoms. The molecule has 1 heterocycles. The zero-order chi connectivity index (χ0) is 19.8. The number of hydrogen-bond donors (Lipinski definition) is 2. The third-order valence-electron chi connectivity index (χ3n) is 4.29. The van der Waals surface area contributed by atoms with Gasteiger partial charge in [0.1, 0.15) is 11.5 Å². The molecular weight excluding hydrogens is 374 g/mol. The molecule has 1 aliphatic heterocycles. The van der Waals surface area contributed by atoms with Gasteiger partial charge in [-0.2, -0.15) is 0 Å². The number of nitrogens with zero attached hydrogens (tertiary/aromatic N) is 1. The molecule has 3 rings (SSSR count). The summed E-state index contributed by atoms with van der Waals surface area (Å²) in [4.78, 5) is 2.27. The van der Waals surface area contributed by atoms with Crippen LogP contribution in [-0.4, -0.2) is 44.6 Å². The third kappa shape index (κ3) is 5.27. The van der Waals surface area contributed by atoms with Crippen molar-refractivity contribution in [3.8, 4) is 11.5 Å². The minimum absolute atomic E-state index is 0.494. The standard InChI is InChI=1S/C21H27N3O3S/c1-3-26-19-15-18(24-10-12-25-13-11-24)20(27-4-2)14-17(19)23-21(28)22-16-8-6-5-7-9-16/h5-9,14-15H,3-4,10-13H2,1-2H3,(H2,22,23,28). The maximum Gasteiger partial charge on any atom is 0.175 e. The number of thiocarbonyl (C=S) groups is 1. The Morgan fingerprint density at radius 2 is 1.68 bits per heavy atom. The summed E-state index contributed by atoms with van der Waals surface area (Å²) in [7, 11) is 0. The quantitative estimate of drug-likeness (QED) is 0.677. The first-order valence-electron chi connectivity index (χ1n) is 9.60. The van der Waals surface area contributed by atoms with E-state index in [1.54, 1.807) is 0 Å². The molecule has 0 aliphatic carbocycles. The number of anilines is 3. The molecule has 2 aromatic carbocycles. The Bertz CT molecular complexity index is 780. The van der Waals surface area contributed by atoms with E-state index in [4.69, 9.17) is 26.4 Å². The minimum atomic E-state index is 0.494. The van der Waals surface area contributed by atoms with Gasteiger partial charge in [-0.05, 0) is 38.2 Å². The monoisotopic (exact) mass is 401 g/mol. The Morgan fingerprint density at radius 1 is 1.00 bits per heavy atom. The van der Waals surface area contributed by atoms with E-state index < -0.39 is 0 Å². The van der Waals surface area contributed by atoms with E-state index in [1.165, 1.54) is 0 Å². The summed E-state index contributed by atoms with van der Waals surface area (Å²) in [6, 6.07) is 13.8. The molecule has 2 aromatic rings. The van der Waals surface area contributed by atoms with Crippen LogP contribution in [0, 0.1) is 0 Å². The second-order valence-electron chi connectivity index (χ2n) is 6.23. The zero-order valence-corrected chi connectivity index (χ0v) is 17.2. The molecule has 1 fully saturated rings. The second kappa shape index (κ2) is 10.1. The summed E-state index contributed by atoms with van der Waals surface area (Å²) in [6.45, 7) is 8.16. The van der Waals surface area contributed by atoms with Gasteiger partial charge in [-0.3, -0.25) is 0 Å². The summed E-state index contributed by atoms with van der Waals surface area (Å²) in [5, 5.41) is 6.93. The largest absolute Gasteiger partial charge is 0.492 e. The molecule has 1 saturated heterocycles. The van der Waals surface area contributed by atoms with Crippen LogP contribution in [0.1, 0.15) is 13.8 Å². The van der Waals surface area contributed by atoms with Crippen LogP contribution in [0.25, 0.3) is 0 Å². The average Bonchev–Trinajstić information content (AvgIpc) is 2.71. The summed E-state index contributed by atoms with van der Waals surface area (Å²) < 4.78 is 17.3. The summed E-state index contributed by atoms with van der Waals surface area (Å²) in [5.74, 6) is 1.54. The zero-order valence-electron chi connectivity index (χ0n) is 16.4. The normalized spacial score (nSPS) is 13.7. The maximum absolute atomic E-state index is 5.92. The first kappa shape index (κ1) is 20.2. The van der Waals surface area contributed by atoms with E-state index in [9.17, 15) is 0 Å². The van der Waals surface area contributed by atoms with Crippen LogP contribution in [0.5, 0.6) is 11.5 Å². The SMILES string of the molecule is CCOc1cc(N2CCOCC2)c(OCC)cc1NC(=S)Nc1ccccc1. The molecule has 0 aromatic heterocycles. The first-order chi connectivity index (χ1) is 13.7. The summed E-state index contributed by atoms with van der Waals surface area (Å²) in [5.41, 5.74) is 2.71. The van der Waals surface area contributed by atoms with Gasteiger partial charge in [0.15, 0.2) is 5.11 Å². The summed E-state index contributed by atoms with van der Waals surface area (Å²) in [6.07, 6.45) is 0. The molecule has 0 radical (unpaired) electrons. The first-order valence-corrected chi connectivity index (χ1v) is 10.0. The fourth-order valence-corrected chi connectivity index (χ4v) is 3.28. The molecule has 0 amide bonds. The highest BCUT2D eigenvalue weighted by Crippen LogP contribution is 2.39. The van der Waals surface area contributed by atoms with Gasteiger partial charge in [0.2, 0.25) is 0 Å². The lowest BCUT2D eigenvalue weighted by Gasteiger charge is -2.31. The third-order valence-corrected chi connectivity index (χ3v) is 4.50. The van der Waals surface area contributed by atoms with E-state index in [0.29, 0.717) is 31.5 Å². The summed E-state index contributed by atoms with van der Waals surface area (Å²) >= 11 is 5.48. The van der Waals surface area contributed by atoms with Crippen LogP contribution >= 0.6 is 12.2 Å². The van der Waals surface area contributed by atoms with Gasteiger partial charge < -0.3 is 29.7 Å². The van der Waals surface area contributed by atoms with Gasteiger partial charge in [0.05, 0.1) is 37.8 Å². The highest BCUT2D eigenvalue weighted by atomic mass is 32.1. The van der Waals surface area contributed by atoms with Crippen molar-refractivity contribution >= 4 is 34.4 Å². The van der Waals surface area contributed by atoms with E-state index >= 15 is 0 Å². The smallest absolute Gasteiger partial charge is 0.175 e. The molecule has 6 nitrogen and oxygen atoms in total. The van der Waals surface area contributed by atoms with Crippen LogP contribution < -0.4 is 25.0 Å². The van der Waals surface area contributed by atoms with Gasteiger partial charge in [0, 0.05) is 30.9 Å². The van der Waals surface area contributed by atoms with Crippen LogP contribution in [-0.2, 0) is 4.74 Å². The van der Waals surface area contributed by atoms with Gasteiger partial charge in [-0.1, -0.05) is 18.2 Å². The number of hydrogen-bond acceptors (Lipinski definition) is 5. The Kier molecular flexibility index (Phi) is 7.33. The number of rotatable bonds is 7. The molecule has 1 aliphatic rings. The highest BCUT2D eigenvalue weighted by molar-refractivity contribution is 7.80. The van der Waals surface area contributed by atoms with Gasteiger partial charge >= 0.3 is 0 Å². The van der Waals surface area contributed by atoms with E-state index in [0.717, 1.165) is 41.7 Å². The van der Waals surface area contributed by atoms with Crippen LogP contribution in [0.15, 0.2) is 42.5 Å². The predicted octanol–water partition coefficient (Wildman–Crippen LogP) is 4.13. The Balaban J connectivity index is 1.85. The van der Waals surface area contributed by atoms with Crippen molar-refractivity contribution in [1.82, 2.24) is 0 Å². The Labute approximate surface area is 171 Å². The van der Waals surface area contributed by atoms with Crippen molar-refractivity contribution in [2.24, 2.45) is 0 Å². The minimum Gasteiger partial charge on any atom is -0.492 e. The average molecular weight is 402 g/mol. The number of morpholine rings is 1. The van der Waals surface area contributed by atoms with Gasteiger partial charge in [-0.15, -0.1) is 0 Å². The fraction of sp³-hybridized carbons (Fsp3) is 0.381. The maximum atomic E-state index is 5.92. The molecule has 0 atom stereocenters. The lowest BCUT2D eigenvalue weighted by molar-refractivity contribution is 0.122. The number of benzene rings is 2. The van der Waals surface area contributed by atoms with E-state index in [2.05, 4.69) is 15.5 Å². The number of nitrogens with one attached hydrogen (secondary N) is 2.